The predicted octanol–water partition coefficient (Wildman–Crippen LogP) is 15.4. The fraction of sp³-hybridized carbons (Fsp3) is 0.436. The van der Waals surface area contributed by atoms with E-state index < -0.39 is 11.9 Å². The van der Waals surface area contributed by atoms with E-state index in [2.05, 4.69) is 91.3 Å². The first kappa shape index (κ1) is 68.0. The van der Waals surface area contributed by atoms with E-state index in [1.54, 1.807) is 55.2 Å². The lowest BCUT2D eigenvalue weighted by Crippen LogP contribution is -2.32. The van der Waals surface area contributed by atoms with Gasteiger partial charge in [0.2, 0.25) is 0 Å². The number of pyridine rings is 4. The van der Waals surface area contributed by atoms with Crippen LogP contribution < -0.4 is 20.3 Å². The number of aromatic amines is 2. The molecule has 4 saturated heterocycles. The SMILES string of the molecule is COc1ccc2c3ccnc(C(F)(F)F)c3n(CCN3CCCCC3)c2c1.COc1ccc2c3ccnc(C)c3n(CCN3CCCCC3)c2c1.Cc1[nH]c(F)cc2c3ccc(=O)cc3n(CCN3CCCCC3)c12.Cc1[nH]ccc2c3ccc(=O)cc3n(CCN3CCCCC3)c12. The number of methoxy groups -OCH3 is 2. The Morgan fingerprint density at radius 2 is 0.786 bits per heavy atom. The van der Waals surface area contributed by atoms with Gasteiger partial charge in [-0.05, 0) is 191 Å². The molecular formula is C78H92F4N12O4. The van der Waals surface area contributed by atoms with Crippen molar-refractivity contribution in [3.63, 3.8) is 0 Å². The maximum Gasteiger partial charge on any atom is 0.435 e. The standard InChI is InChI=1S/C20H22F3N3O.C20H25N3O.C19H22FN3O.C19H23N3O/c1-27-14-5-6-15-16-7-8-24-19(20(21,22)23)18(16)26(17(15)13-14)12-11-25-9-3-2-4-10-25;1-15-20-18(8-9-21-15)17-7-6-16(24-2)14-19(17)23(20)13-12-22-10-4-3-5-11-22;1-13-19-16(12-18(20)21-13)15-6-5-14(24)11-17(15)23(19)10-9-22-7-3-2-4-8-22;1-14-19-17(7-8-20-14)16-6-5-15(23)13-18(16)22(19)12-11-21-9-3-2-4-10-21/h5-8,13H,2-4,9-12H2,1H3;6-9,14H,3-5,10-13H2,1-2H3;5-6,11-12,21H,2-4,7-10H2,1H3;5-8,13,20H,2-4,9-12H2,1H3. The zero-order valence-corrected chi connectivity index (χ0v) is 57.4. The van der Waals surface area contributed by atoms with Crippen LogP contribution in [0.3, 0.4) is 0 Å². The van der Waals surface area contributed by atoms with Gasteiger partial charge in [-0.1, -0.05) is 25.7 Å². The fourth-order valence-corrected chi connectivity index (χ4v) is 15.9. The number of aryl methyl sites for hydroxylation is 3. The van der Waals surface area contributed by atoms with Crippen molar-refractivity contribution in [2.45, 2.75) is 130 Å². The molecule has 12 aromatic rings. The number of nitrogens with zero attached hydrogens (tertiary/aromatic N) is 10. The highest BCUT2D eigenvalue weighted by Gasteiger charge is 2.37. The van der Waals surface area contributed by atoms with Gasteiger partial charge in [0.15, 0.2) is 22.5 Å². The minimum absolute atomic E-state index is 0.00775. The molecule has 16 nitrogen and oxygen atoms in total. The van der Waals surface area contributed by atoms with Gasteiger partial charge in [-0.2, -0.15) is 17.6 Å². The summed E-state index contributed by atoms with van der Waals surface area (Å²) in [5.41, 5.74) is 9.91. The lowest BCUT2D eigenvalue weighted by atomic mass is 10.1. The van der Waals surface area contributed by atoms with E-state index in [9.17, 15) is 27.2 Å². The summed E-state index contributed by atoms with van der Waals surface area (Å²) in [6.07, 6.45) is 16.0. The van der Waals surface area contributed by atoms with Crippen LogP contribution in [0.1, 0.15) is 99.8 Å². The zero-order chi connectivity index (χ0) is 68.0. The number of nitrogens with one attached hydrogen (secondary N) is 2. The van der Waals surface area contributed by atoms with Crippen molar-refractivity contribution in [1.82, 2.24) is 57.8 Å². The Morgan fingerprint density at radius 3 is 1.23 bits per heavy atom. The molecule has 516 valence electrons. The van der Waals surface area contributed by atoms with Crippen molar-refractivity contribution < 1.29 is 27.0 Å². The van der Waals surface area contributed by atoms with Crippen molar-refractivity contribution in [1.29, 1.82) is 0 Å². The minimum atomic E-state index is -4.50. The molecule has 0 aliphatic carbocycles. The monoisotopic (exact) mass is 1340 g/mol. The molecule has 4 aliphatic rings. The van der Waals surface area contributed by atoms with E-state index in [1.165, 1.54) is 141 Å². The normalized spacial score (nSPS) is 16.3. The second-order valence-electron chi connectivity index (χ2n) is 27.1. The third-order valence-corrected chi connectivity index (χ3v) is 20.8. The van der Waals surface area contributed by atoms with E-state index in [4.69, 9.17) is 9.47 Å². The number of rotatable bonds is 14. The summed E-state index contributed by atoms with van der Waals surface area (Å²) in [5.74, 6) is 1.20. The predicted molar refractivity (Wildman–Crippen MR) is 388 cm³/mol. The third kappa shape index (κ3) is 14.6. The number of ether oxygens (including phenoxy) is 2. The molecule has 4 aliphatic heterocycles. The van der Waals surface area contributed by atoms with Crippen LogP contribution in [-0.4, -0.2) is 151 Å². The van der Waals surface area contributed by atoms with Gasteiger partial charge < -0.3 is 57.3 Å². The highest BCUT2D eigenvalue weighted by atomic mass is 19.4. The quantitative estimate of drug-likeness (QED) is 0.0798. The number of fused-ring (bicyclic) bond motifs is 12. The van der Waals surface area contributed by atoms with E-state index >= 15 is 0 Å². The number of hydrogen-bond donors (Lipinski definition) is 2. The molecule has 98 heavy (non-hydrogen) atoms. The number of alkyl halides is 3. The van der Waals surface area contributed by atoms with E-state index in [1.807, 2.05) is 49.6 Å². The van der Waals surface area contributed by atoms with Gasteiger partial charge in [0.25, 0.3) is 0 Å². The molecule has 16 rings (SSSR count). The number of halogens is 4. The van der Waals surface area contributed by atoms with Crippen molar-refractivity contribution in [2.24, 2.45) is 0 Å². The van der Waals surface area contributed by atoms with Gasteiger partial charge >= 0.3 is 6.18 Å². The van der Waals surface area contributed by atoms with Gasteiger partial charge in [-0.15, -0.1) is 0 Å². The lowest BCUT2D eigenvalue weighted by molar-refractivity contribution is -0.140. The number of H-pyrrole nitrogens is 2. The number of aromatic nitrogens is 8. The van der Waals surface area contributed by atoms with Gasteiger partial charge in [-0.3, -0.25) is 14.6 Å². The fourth-order valence-electron chi connectivity index (χ4n) is 15.9. The van der Waals surface area contributed by atoms with Gasteiger partial charge in [-0.25, -0.2) is 4.98 Å². The molecule has 0 spiro atoms. The molecule has 8 aromatic heterocycles. The van der Waals surface area contributed by atoms with Crippen LogP contribution in [0.25, 0.3) is 87.2 Å². The van der Waals surface area contributed by atoms with E-state index in [-0.39, 0.29) is 22.3 Å². The molecule has 20 heteroatoms. The number of likely N-dealkylation sites (tertiary alicyclic amines) is 4. The summed E-state index contributed by atoms with van der Waals surface area (Å²) in [4.78, 5) is 48.0. The number of hydrogen-bond acceptors (Lipinski definition) is 10. The Morgan fingerprint density at radius 1 is 0.408 bits per heavy atom. The molecule has 0 atom stereocenters. The van der Waals surface area contributed by atoms with Gasteiger partial charge in [0, 0.05) is 156 Å². The van der Waals surface area contributed by atoms with Crippen LogP contribution in [0.15, 0.2) is 125 Å². The van der Waals surface area contributed by atoms with Gasteiger partial charge in [0.05, 0.1) is 64.0 Å². The van der Waals surface area contributed by atoms with Crippen molar-refractivity contribution in [2.75, 3.05) is 92.8 Å². The third-order valence-electron chi connectivity index (χ3n) is 20.8. The van der Waals surface area contributed by atoms with Crippen LogP contribution in [-0.2, 0) is 32.4 Å². The lowest BCUT2D eigenvalue weighted by Gasteiger charge is -2.27. The maximum atomic E-state index is 13.9. The molecule has 2 N–H and O–H groups in total. The van der Waals surface area contributed by atoms with Crippen LogP contribution in [0, 0.1) is 26.7 Å². The Balaban J connectivity index is 0.000000118. The minimum Gasteiger partial charge on any atom is -0.497 e. The second-order valence-corrected chi connectivity index (χ2v) is 27.1. The molecule has 12 heterocycles. The van der Waals surface area contributed by atoms with Crippen LogP contribution >= 0.6 is 0 Å². The van der Waals surface area contributed by atoms with E-state index in [0.29, 0.717) is 17.7 Å². The van der Waals surface area contributed by atoms with Crippen LogP contribution in [0.2, 0.25) is 0 Å². The largest absolute Gasteiger partial charge is 0.497 e. The molecule has 0 radical (unpaired) electrons. The number of benzene rings is 4. The smallest absolute Gasteiger partial charge is 0.435 e. The average molecular weight is 1340 g/mol. The first-order valence-electron chi connectivity index (χ1n) is 35.4. The van der Waals surface area contributed by atoms with E-state index in [0.717, 1.165) is 146 Å². The highest BCUT2D eigenvalue weighted by molar-refractivity contribution is 6.11. The molecule has 4 fully saturated rings. The molecular weight excluding hydrogens is 1240 g/mol. The zero-order valence-electron chi connectivity index (χ0n) is 57.4. The number of piperidine rings is 4. The van der Waals surface area contributed by atoms with Crippen LogP contribution in [0.4, 0.5) is 17.6 Å². The topological polar surface area (TPSA) is 143 Å². The maximum absolute atomic E-state index is 13.9. The van der Waals surface area contributed by atoms with Crippen molar-refractivity contribution in [3.8, 4) is 11.5 Å². The Labute approximate surface area is 568 Å². The summed E-state index contributed by atoms with van der Waals surface area (Å²) < 4.78 is 74.3. The summed E-state index contributed by atoms with van der Waals surface area (Å²) >= 11 is 0. The second kappa shape index (κ2) is 30.3. The molecule has 0 bridgehead atoms. The van der Waals surface area contributed by atoms with Crippen molar-refractivity contribution >= 4 is 87.2 Å². The molecule has 0 saturated carbocycles. The van der Waals surface area contributed by atoms with Gasteiger partial charge in [0.1, 0.15) is 11.5 Å². The summed E-state index contributed by atoms with van der Waals surface area (Å²) in [6, 6.07) is 29.7. The molecule has 0 amide bonds. The Bertz CT molecular complexity index is 4900. The first-order valence-corrected chi connectivity index (χ1v) is 35.4. The molecule has 4 aromatic carbocycles. The van der Waals surface area contributed by atoms with Crippen molar-refractivity contribution in [3.05, 3.63) is 165 Å². The summed E-state index contributed by atoms with van der Waals surface area (Å²) in [5, 5.41) is 8.17. The first-order chi connectivity index (χ1) is 47.6. The Kier molecular flexibility index (Phi) is 21.0. The summed E-state index contributed by atoms with van der Waals surface area (Å²) in [6.45, 7) is 22.3. The molecule has 0 unspecified atom stereocenters. The average Bonchev–Trinajstić information content (AvgIpc) is 1.67. The Hall–Kier alpha value is -8.56. The highest BCUT2D eigenvalue weighted by Crippen LogP contribution is 2.40. The van der Waals surface area contributed by atoms with Crippen LogP contribution in [0.5, 0.6) is 11.5 Å². The summed E-state index contributed by atoms with van der Waals surface area (Å²) in [7, 11) is 3.29.